The van der Waals surface area contributed by atoms with Gasteiger partial charge in [-0.1, -0.05) is 11.6 Å². The standard InChI is InChI=1S/C13H13ClFN3/c14-9-3-4-11(15)10(8-9)12-5-7-17-13(18-12)2-1-6-16/h3-5,7-8H,1-2,6,16H2. The largest absolute Gasteiger partial charge is 0.330 e. The molecule has 0 atom stereocenters. The van der Waals surface area contributed by atoms with Crippen LogP contribution in [0.5, 0.6) is 0 Å². The third-order valence-corrected chi connectivity index (χ3v) is 2.75. The second-order valence-electron chi connectivity index (χ2n) is 3.87. The van der Waals surface area contributed by atoms with Crippen molar-refractivity contribution in [3.05, 3.63) is 47.1 Å². The van der Waals surface area contributed by atoms with E-state index in [4.69, 9.17) is 17.3 Å². The SMILES string of the molecule is NCCCc1nccc(-c2cc(Cl)ccc2F)n1. The van der Waals surface area contributed by atoms with Gasteiger partial charge in [0.25, 0.3) is 0 Å². The highest BCUT2D eigenvalue weighted by Gasteiger charge is 2.08. The van der Waals surface area contributed by atoms with Crippen LogP contribution in [0.3, 0.4) is 0 Å². The zero-order chi connectivity index (χ0) is 13.0. The number of aromatic nitrogens is 2. The lowest BCUT2D eigenvalue weighted by Gasteiger charge is -2.05. The van der Waals surface area contributed by atoms with Crippen molar-refractivity contribution in [2.75, 3.05) is 6.54 Å². The minimum Gasteiger partial charge on any atom is -0.330 e. The van der Waals surface area contributed by atoms with Crippen LogP contribution in [0, 0.1) is 5.82 Å². The number of hydrogen-bond acceptors (Lipinski definition) is 3. The van der Waals surface area contributed by atoms with Crippen molar-refractivity contribution >= 4 is 11.6 Å². The van der Waals surface area contributed by atoms with Gasteiger partial charge in [0.1, 0.15) is 11.6 Å². The van der Waals surface area contributed by atoms with Gasteiger partial charge >= 0.3 is 0 Å². The molecule has 5 heteroatoms. The highest BCUT2D eigenvalue weighted by Crippen LogP contribution is 2.24. The zero-order valence-electron chi connectivity index (χ0n) is 9.74. The molecular weight excluding hydrogens is 253 g/mol. The molecule has 0 radical (unpaired) electrons. The van der Waals surface area contributed by atoms with E-state index in [0.29, 0.717) is 35.1 Å². The zero-order valence-corrected chi connectivity index (χ0v) is 10.5. The van der Waals surface area contributed by atoms with Crippen LogP contribution in [0.1, 0.15) is 12.2 Å². The maximum atomic E-state index is 13.7. The number of hydrogen-bond donors (Lipinski definition) is 1. The molecule has 2 rings (SSSR count). The molecule has 18 heavy (non-hydrogen) atoms. The maximum Gasteiger partial charge on any atom is 0.132 e. The van der Waals surface area contributed by atoms with Crippen LogP contribution in [-0.2, 0) is 6.42 Å². The summed E-state index contributed by atoms with van der Waals surface area (Å²) in [5.74, 6) is 0.320. The molecule has 0 fully saturated rings. The van der Waals surface area contributed by atoms with Crippen LogP contribution in [0.25, 0.3) is 11.3 Å². The minimum absolute atomic E-state index is 0.345. The summed E-state index contributed by atoms with van der Waals surface area (Å²) in [5, 5.41) is 0.480. The first-order valence-electron chi connectivity index (χ1n) is 5.68. The Hall–Kier alpha value is -1.52. The number of benzene rings is 1. The van der Waals surface area contributed by atoms with E-state index in [1.165, 1.54) is 12.1 Å². The summed E-state index contributed by atoms with van der Waals surface area (Å²) in [6.07, 6.45) is 3.11. The lowest BCUT2D eigenvalue weighted by Crippen LogP contribution is -2.03. The van der Waals surface area contributed by atoms with Crippen molar-refractivity contribution in [2.45, 2.75) is 12.8 Å². The fourth-order valence-electron chi connectivity index (χ4n) is 1.62. The van der Waals surface area contributed by atoms with Gasteiger partial charge in [0.15, 0.2) is 0 Å². The molecule has 1 heterocycles. The van der Waals surface area contributed by atoms with Crippen molar-refractivity contribution in [1.82, 2.24) is 9.97 Å². The number of nitrogens with two attached hydrogens (primary N) is 1. The molecule has 94 valence electrons. The van der Waals surface area contributed by atoms with Crippen LogP contribution >= 0.6 is 11.6 Å². The van der Waals surface area contributed by atoms with E-state index < -0.39 is 0 Å². The molecule has 2 aromatic rings. The first-order chi connectivity index (χ1) is 8.70. The Labute approximate surface area is 110 Å². The molecule has 2 N–H and O–H groups in total. The first kappa shape index (κ1) is 12.9. The average Bonchev–Trinajstić information content (AvgIpc) is 2.39. The van der Waals surface area contributed by atoms with E-state index >= 15 is 0 Å². The molecule has 0 saturated heterocycles. The monoisotopic (exact) mass is 265 g/mol. The molecule has 1 aromatic heterocycles. The number of halogens is 2. The molecule has 0 aliphatic heterocycles. The third kappa shape index (κ3) is 3.03. The lowest BCUT2D eigenvalue weighted by atomic mass is 10.1. The summed E-state index contributed by atoms with van der Waals surface area (Å²) >= 11 is 5.86. The topological polar surface area (TPSA) is 51.8 Å². The quantitative estimate of drug-likeness (QED) is 0.925. The molecule has 0 aliphatic rings. The minimum atomic E-state index is -0.345. The van der Waals surface area contributed by atoms with Gasteiger partial charge in [0.2, 0.25) is 0 Å². The van der Waals surface area contributed by atoms with E-state index in [9.17, 15) is 4.39 Å². The Morgan fingerprint density at radius 2 is 2.11 bits per heavy atom. The van der Waals surface area contributed by atoms with Crippen molar-refractivity contribution < 1.29 is 4.39 Å². The van der Waals surface area contributed by atoms with E-state index in [-0.39, 0.29) is 5.82 Å². The van der Waals surface area contributed by atoms with Crippen molar-refractivity contribution in [3.63, 3.8) is 0 Å². The Morgan fingerprint density at radius 3 is 2.89 bits per heavy atom. The van der Waals surface area contributed by atoms with E-state index in [1.807, 2.05) is 0 Å². The smallest absolute Gasteiger partial charge is 0.132 e. The molecule has 0 unspecified atom stereocenters. The molecular formula is C13H13ClFN3. The lowest BCUT2D eigenvalue weighted by molar-refractivity contribution is 0.630. The maximum absolute atomic E-state index is 13.7. The number of nitrogens with zero attached hydrogens (tertiary/aromatic N) is 2. The van der Waals surface area contributed by atoms with Crippen molar-refractivity contribution in [1.29, 1.82) is 0 Å². The third-order valence-electron chi connectivity index (χ3n) is 2.51. The van der Waals surface area contributed by atoms with E-state index in [2.05, 4.69) is 9.97 Å². The molecule has 0 aliphatic carbocycles. The molecule has 0 bridgehead atoms. The average molecular weight is 266 g/mol. The van der Waals surface area contributed by atoms with Crippen molar-refractivity contribution in [3.8, 4) is 11.3 Å². The fourth-order valence-corrected chi connectivity index (χ4v) is 1.80. The Kier molecular flexibility index (Phi) is 4.23. The summed E-state index contributed by atoms with van der Waals surface area (Å²) in [6, 6.07) is 6.07. The van der Waals surface area contributed by atoms with Gasteiger partial charge in [-0.15, -0.1) is 0 Å². The summed E-state index contributed by atoms with van der Waals surface area (Å²) in [7, 11) is 0. The summed E-state index contributed by atoms with van der Waals surface area (Å²) in [4.78, 5) is 8.45. The van der Waals surface area contributed by atoms with Crippen LogP contribution < -0.4 is 5.73 Å². The van der Waals surface area contributed by atoms with Gasteiger partial charge in [-0.25, -0.2) is 14.4 Å². The highest BCUT2D eigenvalue weighted by atomic mass is 35.5. The Morgan fingerprint density at radius 1 is 1.28 bits per heavy atom. The van der Waals surface area contributed by atoms with E-state index in [1.54, 1.807) is 18.3 Å². The van der Waals surface area contributed by atoms with Gasteiger partial charge in [-0.3, -0.25) is 0 Å². The van der Waals surface area contributed by atoms with Crippen LogP contribution in [-0.4, -0.2) is 16.5 Å². The first-order valence-corrected chi connectivity index (χ1v) is 6.06. The van der Waals surface area contributed by atoms with Gasteiger partial charge in [-0.2, -0.15) is 0 Å². The Balaban J connectivity index is 2.35. The molecule has 0 amide bonds. The summed E-state index contributed by atoms with van der Waals surface area (Å²) < 4.78 is 13.7. The van der Waals surface area contributed by atoms with Gasteiger partial charge in [-0.05, 0) is 37.2 Å². The van der Waals surface area contributed by atoms with Gasteiger partial charge in [0.05, 0.1) is 5.69 Å². The molecule has 3 nitrogen and oxygen atoms in total. The Bertz CT molecular complexity index is 546. The van der Waals surface area contributed by atoms with Crippen LogP contribution in [0.4, 0.5) is 4.39 Å². The van der Waals surface area contributed by atoms with Crippen molar-refractivity contribution in [2.24, 2.45) is 5.73 Å². The normalized spacial score (nSPS) is 10.6. The van der Waals surface area contributed by atoms with E-state index in [0.717, 1.165) is 6.42 Å². The number of aryl methyl sites for hydroxylation is 1. The predicted molar refractivity (Wildman–Crippen MR) is 69.8 cm³/mol. The summed E-state index contributed by atoms with van der Waals surface area (Å²) in [6.45, 7) is 0.582. The molecule has 1 aromatic carbocycles. The fraction of sp³-hybridized carbons (Fsp3) is 0.231. The predicted octanol–water partition coefficient (Wildman–Crippen LogP) is 2.83. The van der Waals surface area contributed by atoms with Gasteiger partial charge < -0.3 is 5.73 Å². The van der Waals surface area contributed by atoms with Gasteiger partial charge in [0, 0.05) is 23.2 Å². The molecule has 0 spiro atoms. The molecule has 0 saturated carbocycles. The summed E-state index contributed by atoms with van der Waals surface area (Å²) in [5.41, 5.74) is 6.36. The van der Waals surface area contributed by atoms with Crippen LogP contribution in [0.2, 0.25) is 5.02 Å². The second kappa shape index (κ2) is 5.89. The second-order valence-corrected chi connectivity index (χ2v) is 4.31. The highest BCUT2D eigenvalue weighted by molar-refractivity contribution is 6.30. The van der Waals surface area contributed by atoms with Crippen LogP contribution in [0.15, 0.2) is 30.5 Å². The number of rotatable bonds is 4.